The molecule has 0 atom stereocenters. The smallest absolute Gasteiger partial charge is 0.191 e. The summed E-state index contributed by atoms with van der Waals surface area (Å²) < 4.78 is 10.9. The third kappa shape index (κ3) is 4.88. The molecule has 1 aromatic carbocycles. The number of nitrogens with zero attached hydrogens (tertiary/aromatic N) is 1. The molecule has 1 heterocycles. The van der Waals surface area contributed by atoms with E-state index >= 15 is 0 Å². The number of rotatable bonds is 6. The van der Waals surface area contributed by atoms with E-state index in [1.54, 1.807) is 7.11 Å². The molecule has 0 unspecified atom stereocenters. The molecule has 2 N–H and O–H groups in total. The molecule has 0 saturated carbocycles. The van der Waals surface area contributed by atoms with Crippen LogP contribution in [-0.2, 0) is 11.3 Å². The predicted molar refractivity (Wildman–Crippen MR) is 101 cm³/mol. The van der Waals surface area contributed by atoms with Crippen molar-refractivity contribution in [3.05, 3.63) is 35.6 Å². The molecular formula is C16H24IN3O2. The number of halogens is 1. The summed E-state index contributed by atoms with van der Waals surface area (Å²) in [6.45, 7) is 6.82. The summed E-state index contributed by atoms with van der Waals surface area (Å²) in [6, 6.07) is 8.06. The maximum Gasteiger partial charge on any atom is 0.191 e. The van der Waals surface area contributed by atoms with Crippen LogP contribution in [0.25, 0.3) is 11.0 Å². The van der Waals surface area contributed by atoms with Crippen LogP contribution >= 0.6 is 24.0 Å². The molecule has 0 aliphatic heterocycles. The van der Waals surface area contributed by atoms with E-state index in [2.05, 4.69) is 28.6 Å². The summed E-state index contributed by atoms with van der Waals surface area (Å²) in [5, 5.41) is 7.58. The molecule has 6 heteroatoms. The van der Waals surface area contributed by atoms with Crippen molar-refractivity contribution in [2.24, 2.45) is 4.99 Å². The number of nitrogens with one attached hydrogen (secondary N) is 2. The number of para-hydroxylation sites is 1. The van der Waals surface area contributed by atoms with Crippen LogP contribution in [0.1, 0.15) is 18.2 Å². The Morgan fingerprint density at radius 1 is 1.27 bits per heavy atom. The number of ether oxygens (including phenoxy) is 1. The minimum Gasteiger partial charge on any atom is -0.459 e. The van der Waals surface area contributed by atoms with E-state index in [4.69, 9.17) is 9.15 Å². The van der Waals surface area contributed by atoms with Gasteiger partial charge in [-0.05, 0) is 19.9 Å². The summed E-state index contributed by atoms with van der Waals surface area (Å²) in [5.41, 5.74) is 2.07. The largest absolute Gasteiger partial charge is 0.459 e. The SMILES string of the molecule is CCNC(=NCc1oc2ccccc2c1C)NCCOC.I. The predicted octanol–water partition coefficient (Wildman–Crippen LogP) is 3.06. The van der Waals surface area contributed by atoms with Crippen molar-refractivity contribution in [1.29, 1.82) is 0 Å². The van der Waals surface area contributed by atoms with Gasteiger partial charge in [0.25, 0.3) is 0 Å². The zero-order valence-corrected chi connectivity index (χ0v) is 15.6. The van der Waals surface area contributed by atoms with Gasteiger partial charge >= 0.3 is 0 Å². The summed E-state index contributed by atoms with van der Waals surface area (Å²) in [6.07, 6.45) is 0. The molecule has 2 rings (SSSR count). The number of benzene rings is 1. The number of methoxy groups -OCH3 is 1. The Kier molecular flexibility index (Phi) is 8.26. The Morgan fingerprint density at radius 2 is 2.05 bits per heavy atom. The molecule has 0 saturated heterocycles. The van der Waals surface area contributed by atoms with E-state index in [-0.39, 0.29) is 24.0 Å². The minimum atomic E-state index is 0. The molecule has 0 amide bonds. The summed E-state index contributed by atoms with van der Waals surface area (Å²) in [5.74, 6) is 1.68. The van der Waals surface area contributed by atoms with Crippen molar-refractivity contribution >= 4 is 40.9 Å². The normalized spacial score (nSPS) is 11.3. The van der Waals surface area contributed by atoms with Gasteiger partial charge in [0.15, 0.2) is 5.96 Å². The minimum absolute atomic E-state index is 0. The van der Waals surface area contributed by atoms with Gasteiger partial charge in [-0.3, -0.25) is 0 Å². The first-order chi connectivity index (χ1) is 10.3. The number of aryl methyl sites for hydroxylation is 1. The highest BCUT2D eigenvalue weighted by molar-refractivity contribution is 14.0. The quantitative estimate of drug-likeness (QED) is 0.328. The van der Waals surface area contributed by atoms with Crippen LogP contribution in [0.3, 0.4) is 0 Å². The molecule has 0 bridgehead atoms. The Morgan fingerprint density at radius 3 is 2.73 bits per heavy atom. The standard InChI is InChI=1S/C16H23N3O2.HI/c1-4-17-16(18-9-10-20-3)19-11-15-12(2)13-7-5-6-8-14(13)21-15;/h5-8H,4,9-11H2,1-3H3,(H2,17,18,19);1H. The fourth-order valence-electron chi connectivity index (χ4n) is 2.14. The van der Waals surface area contributed by atoms with Crippen LogP contribution in [0.15, 0.2) is 33.7 Å². The van der Waals surface area contributed by atoms with Gasteiger partial charge in [-0.25, -0.2) is 4.99 Å². The molecule has 2 aromatic rings. The monoisotopic (exact) mass is 417 g/mol. The van der Waals surface area contributed by atoms with Crippen LogP contribution < -0.4 is 10.6 Å². The second kappa shape index (κ2) is 9.68. The highest BCUT2D eigenvalue weighted by Gasteiger charge is 2.09. The lowest BCUT2D eigenvalue weighted by atomic mass is 10.1. The molecule has 5 nitrogen and oxygen atoms in total. The molecule has 22 heavy (non-hydrogen) atoms. The number of guanidine groups is 1. The van der Waals surface area contributed by atoms with Gasteiger partial charge in [0.2, 0.25) is 0 Å². The Balaban J connectivity index is 0.00000242. The van der Waals surface area contributed by atoms with E-state index in [0.29, 0.717) is 13.2 Å². The average molecular weight is 417 g/mol. The molecular weight excluding hydrogens is 393 g/mol. The maximum absolute atomic E-state index is 5.87. The summed E-state index contributed by atoms with van der Waals surface area (Å²) in [7, 11) is 1.68. The van der Waals surface area contributed by atoms with Crippen LogP contribution in [-0.4, -0.2) is 32.8 Å². The molecule has 0 aliphatic carbocycles. The van der Waals surface area contributed by atoms with Crippen molar-refractivity contribution in [2.75, 3.05) is 26.8 Å². The fourth-order valence-corrected chi connectivity index (χ4v) is 2.14. The van der Waals surface area contributed by atoms with Crippen LogP contribution in [0.2, 0.25) is 0 Å². The highest BCUT2D eigenvalue weighted by Crippen LogP contribution is 2.25. The van der Waals surface area contributed by atoms with Gasteiger partial charge in [-0.2, -0.15) is 0 Å². The lowest BCUT2D eigenvalue weighted by Gasteiger charge is -2.10. The zero-order valence-electron chi connectivity index (χ0n) is 13.3. The van der Waals surface area contributed by atoms with Crippen molar-refractivity contribution < 1.29 is 9.15 Å². The third-order valence-electron chi connectivity index (χ3n) is 3.27. The van der Waals surface area contributed by atoms with Crippen molar-refractivity contribution in [1.82, 2.24) is 10.6 Å². The maximum atomic E-state index is 5.87. The zero-order chi connectivity index (χ0) is 15.1. The van der Waals surface area contributed by atoms with E-state index in [1.165, 1.54) is 0 Å². The number of hydrogen-bond donors (Lipinski definition) is 2. The molecule has 0 aliphatic rings. The van der Waals surface area contributed by atoms with E-state index < -0.39 is 0 Å². The second-order valence-electron chi connectivity index (χ2n) is 4.76. The van der Waals surface area contributed by atoms with Gasteiger partial charge in [0, 0.05) is 31.1 Å². The number of aliphatic imine (C=N–C) groups is 1. The van der Waals surface area contributed by atoms with Gasteiger partial charge < -0.3 is 19.8 Å². The van der Waals surface area contributed by atoms with Gasteiger partial charge in [-0.1, -0.05) is 18.2 Å². The highest BCUT2D eigenvalue weighted by atomic mass is 127. The van der Waals surface area contributed by atoms with Crippen molar-refractivity contribution in [3.8, 4) is 0 Å². The van der Waals surface area contributed by atoms with Crippen LogP contribution in [0.5, 0.6) is 0 Å². The average Bonchev–Trinajstić information content (AvgIpc) is 2.82. The first-order valence-corrected chi connectivity index (χ1v) is 7.24. The third-order valence-corrected chi connectivity index (χ3v) is 3.27. The summed E-state index contributed by atoms with van der Waals surface area (Å²) in [4.78, 5) is 4.56. The first kappa shape index (κ1) is 18.8. The van der Waals surface area contributed by atoms with Gasteiger partial charge in [-0.15, -0.1) is 24.0 Å². The van der Waals surface area contributed by atoms with Crippen LogP contribution in [0, 0.1) is 6.92 Å². The molecule has 0 radical (unpaired) electrons. The van der Waals surface area contributed by atoms with E-state index in [1.807, 2.05) is 25.1 Å². The molecule has 0 spiro atoms. The Hall–Kier alpha value is -1.28. The van der Waals surface area contributed by atoms with E-state index in [9.17, 15) is 0 Å². The van der Waals surface area contributed by atoms with Crippen LogP contribution in [0.4, 0.5) is 0 Å². The Labute approximate surface area is 148 Å². The molecule has 1 aromatic heterocycles. The van der Waals surface area contributed by atoms with E-state index in [0.717, 1.165) is 41.3 Å². The fraction of sp³-hybridized carbons (Fsp3) is 0.438. The number of furan rings is 1. The topological polar surface area (TPSA) is 58.8 Å². The van der Waals surface area contributed by atoms with Gasteiger partial charge in [0.1, 0.15) is 17.9 Å². The number of hydrogen-bond acceptors (Lipinski definition) is 3. The number of fused-ring (bicyclic) bond motifs is 1. The Bertz CT molecular complexity index is 610. The van der Waals surface area contributed by atoms with Gasteiger partial charge in [0.05, 0.1) is 6.61 Å². The molecule has 122 valence electrons. The van der Waals surface area contributed by atoms with Crippen molar-refractivity contribution in [3.63, 3.8) is 0 Å². The second-order valence-corrected chi connectivity index (χ2v) is 4.76. The lowest BCUT2D eigenvalue weighted by molar-refractivity contribution is 0.203. The lowest BCUT2D eigenvalue weighted by Crippen LogP contribution is -2.38. The summed E-state index contributed by atoms with van der Waals surface area (Å²) >= 11 is 0. The van der Waals surface area contributed by atoms with Crippen molar-refractivity contribution in [2.45, 2.75) is 20.4 Å². The molecule has 0 fully saturated rings. The first-order valence-electron chi connectivity index (χ1n) is 7.24.